The zero-order valence-corrected chi connectivity index (χ0v) is 16.5. The molecule has 1 aromatic carbocycles. The van der Waals surface area contributed by atoms with E-state index in [1.807, 2.05) is 24.4 Å². The van der Waals surface area contributed by atoms with Gasteiger partial charge in [-0.25, -0.2) is 9.97 Å². The Morgan fingerprint density at radius 1 is 0.933 bits per heavy atom. The molecular formula is C23H22N6O. The van der Waals surface area contributed by atoms with Crippen molar-refractivity contribution in [1.82, 2.24) is 24.8 Å². The molecule has 4 aromatic rings. The van der Waals surface area contributed by atoms with Crippen LogP contribution in [0, 0.1) is 0 Å². The lowest BCUT2D eigenvalue weighted by molar-refractivity contribution is -0.0348. The van der Waals surface area contributed by atoms with Gasteiger partial charge in [0.15, 0.2) is 0 Å². The van der Waals surface area contributed by atoms with Crippen molar-refractivity contribution in [3.8, 4) is 0 Å². The van der Waals surface area contributed by atoms with Gasteiger partial charge in [-0.1, -0.05) is 18.2 Å². The molecule has 5 rings (SSSR count). The van der Waals surface area contributed by atoms with Crippen LogP contribution in [0.25, 0.3) is 10.9 Å². The van der Waals surface area contributed by atoms with Crippen molar-refractivity contribution in [2.45, 2.75) is 12.6 Å². The molecule has 150 valence electrons. The second-order valence-electron chi connectivity index (χ2n) is 7.25. The first-order valence-corrected chi connectivity index (χ1v) is 10.0. The summed E-state index contributed by atoms with van der Waals surface area (Å²) in [4.78, 5) is 19.8. The number of ether oxygens (including phenoxy) is 1. The number of anilines is 2. The van der Waals surface area contributed by atoms with Gasteiger partial charge in [-0.2, -0.15) is 0 Å². The Morgan fingerprint density at radius 2 is 1.83 bits per heavy atom. The molecule has 1 fully saturated rings. The molecule has 1 saturated heterocycles. The molecule has 0 saturated carbocycles. The number of morpholine rings is 1. The van der Waals surface area contributed by atoms with Gasteiger partial charge in [0.1, 0.15) is 6.10 Å². The molecule has 30 heavy (non-hydrogen) atoms. The maximum Gasteiger partial charge on any atom is 0.227 e. The van der Waals surface area contributed by atoms with E-state index in [1.54, 1.807) is 24.7 Å². The topological polar surface area (TPSA) is 76.1 Å². The highest BCUT2D eigenvalue weighted by molar-refractivity contribution is 5.81. The summed E-state index contributed by atoms with van der Waals surface area (Å²) in [5.74, 6) is 0.553. The Hall–Kier alpha value is -3.42. The minimum Gasteiger partial charge on any atom is -0.369 e. The summed E-state index contributed by atoms with van der Waals surface area (Å²) in [5.41, 5.74) is 4.10. The Balaban J connectivity index is 1.27. The highest BCUT2D eigenvalue weighted by Crippen LogP contribution is 2.25. The zero-order valence-electron chi connectivity index (χ0n) is 16.5. The van der Waals surface area contributed by atoms with Crippen LogP contribution in [0.5, 0.6) is 0 Å². The largest absolute Gasteiger partial charge is 0.369 e. The van der Waals surface area contributed by atoms with Crippen LogP contribution in [0.15, 0.2) is 73.3 Å². The third-order valence-corrected chi connectivity index (χ3v) is 5.22. The van der Waals surface area contributed by atoms with Gasteiger partial charge in [-0.15, -0.1) is 0 Å². The molecule has 1 unspecified atom stereocenters. The minimum atomic E-state index is -0.0473. The van der Waals surface area contributed by atoms with Gasteiger partial charge < -0.3 is 10.1 Å². The van der Waals surface area contributed by atoms with Crippen molar-refractivity contribution in [2.24, 2.45) is 0 Å². The Labute approximate surface area is 174 Å². The van der Waals surface area contributed by atoms with Crippen LogP contribution in [-0.4, -0.2) is 44.5 Å². The van der Waals surface area contributed by atoms with E-state index in [0.717, 1.165) is 36.5 Å². The van der Waals surface area contributed by atoms with Gasteiger partial charge >= 0.3 is 0 Å². The number of fused-ring (bicyclic) bond motifs is 1. The molecule has 4 heterocycles. The molecule has 7 nitrogen and oxygen atoms in total. The molecule has 0 amide bonds. The van der Waals surface area contributed by atoms with Gasteiger partial charge in [0.25, 0.3) is 0 Å². The zero-order chi connectivity index (χ0) is 20.2. The summed E-state index contributed by atoms with van der Waals surface area (Å²) in [5, 5.41) is 4.36. The van der Waals surface area contributed by atoms with E-state index < -0.39 is 0 Å². The minimum absolute atomic E-state index is 0.0473. The fourth-order valence-electron chi connectivity index (χ4n) is 3.73. The Bertz CT molecular complexity index is 1110. The number of nitrogens with one attached hydrogen (secondary N) is 1. The summed E-state index contributed by atoms with van der Waals surface area (Å²) >= 11 is 0. The van der Waals surface area contributed by atoms with Gasteiger partial charge in [-0.3, -0.25) is 14.9 Å². The van der Waals surface area contributed by atoms with Gasteiger partial charge in [-0.05, 0) is 35.9 Å². The summed E-state index contributed by atoms with van der Waals surface area (Å²) in [7, 11) is 0. The third-order valence-electron chi connectivity index (χ3n) is 5.22. The van der Waals surface area contributed by atoms with E-state index in [2.05, 4.69) is 54.4 Å². The molecule has 1 atom stereocenters. The van der Waals surface area contributed by atoms with Crippen LogP contribution >= 0.6 is 0 Å². The lowest BCUT2D eigenvalue weighted by Gasteiger charge is -2.33. The van der Waals surface area contributed by atoms with Crippen molar-refractivity contribution >= 4 is 22.5 Å². The Kier molecular flexibility index (Phi) is 5.28. The fourth-order valence-corrected chi connectivity index (χ4v) is 3.73. The highest BCUT2D eigenvalue weighted by Gasteiger charge is 2.23. The molecule has 7 heteroatoms. The molecule has 0 spiro atoms. The average Bonchev–Trinajstić information content (AvgIpc) is 2.81. The molecule has 1 aliphatic rings. The lowest BCUT2D eigenvalue weighted by atomic mass is 10.1. The van der Waals surface area contributed by atoms with Crippen molar-refractivity contribution in [2.75, 3.05) is 25.0 Å². The number of pyridine rings is 2. The van der Waals surface area contributed by atoms with Crippen LogP contribution in [0.2, 0.25) is 0 Å². The van der Waals surface area contributed by atoms with Crippen molar-refractivity contribution in [1.29, 1.82) is 0 Å². The molecule has 0 radical (unpaired) electrons. The van der Waals surface area contributed by atoms with Gasteiger partial charge in [0.05, 0.1) is 29.7 Å². The third kappa shape index (κ3) is 4.12. The second kappa shape index (κ2) is 8.52. The Morgan fingerprint density at radius 3 is 2.70 bits per heavy atom. The molecule has 1 aliphatic heterocycles. The summed E-state index contributed by atoms with van der Waals surface area (Å²) < 4.78 is 6.02. The lowest BCUT2D eigenvalue weighted by Crippen LogP contribution is -2.38. The van der Waals surface area contributed by atoms with E-state index in [9.17, 15) is 0 Å². The number of benzene rings is 1. The first-order valence-electron chi connectivity index (χ1n) is 10.0. The molecule has 3 aromatic heterocycles. The summed E-state index contributed by atoms with van der Waals surface area (Å²) in [6, 6.07) is 16.2. The normalized spacial score (nSPS) is 17.1. The van der Waals surface area contributed by atoms with Crippen LogP contribution in [-0.2, 0) is 11.3 Å². The van der Waals surface area contributed by atoms with Crippen molar-refractivity contribution in [3.63, 3.8) is 0 Å². The maximum absolute atomic E-state index is 6.02. The number of hydrogen-bond acceptors (Lipinski definition) is 7. The first kappa shape index (κ1) is 18.6. The smallest absolute Gasteiger partial charge is 0.227 e. The molecule has 0 bridgehead atoms. The fraction of sp³-hybridized carbons (Fsp3) is 0.217. The SMILES string of the molecule is c1cnc(Nc2ccc(C3CN(Cc4cccc5ncccc45)CCO3)nc2)nc1. The van der Waals surface area contributed by atoms with E-state index in [0.29, 0.717) is 12.6 Å². The van der Waals surface area contributed by atoms with Crippen molar-refractivity contribution < 1.29 is 4.74 Å². The predicted octanol–water partition coefficient (Wildman–Crippen LogP) is 3.74. The quantitative estimate of drug-likeness (QED) is 0.549. The van der Waals surface area contributed by atoms with E-state index in [-0.39, 0.29) is 6.10 Å². The van der Waals surface area contributed by atoms with E-state index in [4.69, 9.17) is 4.74 Å². The van der Waals surface area contributed by atoms with Crippen LogP contribution in [0.3, 0.4) is 0 Å². The second-order valence-corrected chi connectivity index (χ2v) is 7.25. The monoisotopic (exact) mass is 398 g/mol. The number of rotatable bonds is 5. The van der Waals surface area contributed by atoms with Gasteiger partial charge in [0.2, 0.25) is 5.95 Å². The summed E-state index contributed by atoms with van der Waals surface area (Å²) in [6.45, 7) is 3.26. The summed E-state index contributed by atoms with van der Waals surface area (Å²) in [6.07, 6.45) is 6.99. The number of hydrogen-bond donors (Lipinski definition) is 1. The standard InChI is InChI=1S/C23H22N6O/c1-4-17(19-5-2-9-24-20(19)6-1)15-29-12-13-30-22(16-29)21-8-7-18(14-27-21)28-23-25-10-3-11-26-23/h1-11,14,22H,12-13,15-16H2,(H,25,26,28). The van der Waals surface area contributed by atoms with Crippen molar-refractivity contribution in [3.05, 3.63) is 84.6 Å². The molecular weight excluding hydrogens is 376 g/mol. The van der Waals surface area contributed by atoms with Gasteiger partial charge in [0, 0.05) is 43.6 Å². The molecule has 1 N–H and O–H groups in total. The van der Waals surface area contributed by atoms with Crippen LogP contribution in [0.1, 0.15) is 17.4 Å². The highest BCUT2D eigenvalue weighted by atomic mass is 16.5. The number of aromatic nitrogens is 4. The first-order chi connectivity index (χ1) is 14.8. The predicted molar refractivity (Wildman–Crippen MR) is 115 cm³/mol. The van der Waals surface area contributed by atoms with Crippen LogP contribution < -0.4 is 5.32 Å². The van der Waals surface area contributed by atoms with E-state index >= 15 is 0 Å². The average molecular weight is 398 g/mol. The maximum atomic E-state index is 6.02. The van der Waals surface area contributed by atoms with E-state index in [1.165, 1.54) is 10.9 Å². The van der Waals surface area contributed by atoms with Crippen LogP contribution in [0.4, 0.5) is 11.6 Å². The number of nitrogens with zero attached hydrogens (tertiary/aromatic N) is 5. The molecule has 0 aliphatic carbocycles.